The van der Waals surface area contributed by atoms with E-state index in [-0.39, 0.29) is 12.5 Å². The Morgan fingerprint density at radius 3 is 1.61 bits per heavy atom. The fourth-order valence-corrected chi connectivity index (χ4v) is 2.05. The number of unbranched alkanes of at least 4 members (excludes halogenated alkanes) is 8. The van der Waals surface area contributed by atoms with E-state index in [1.165, 1.54) is 44.9 Å². The molecule has 0 saturated carbocycles. The van der Waals surface area contributed by atoms with Crippen molar-refractivity contribution in [3.63, 3.8) is 0 Å². The van der Waals surface area contributed by atoms with E-state index >= 15 is 0 Å². The van der Waals surface area contributed by atoms with Gasteiger partial charge in [0.15, 0.2) is 0 Å². The average Bonchev–Trinajstić information content (AvgIpc) is 2.53. The largest absolute Gasteiger partial charge is 0.481 e. The Bertz CT molecular complexity index is 241. The van der Waals surface area contributed by atoms with Crippen molar-refractivity contribution in [3.05, 3.63) is 0 Å². The van der Waals surface area contributed by atoms with Crippen molar-refractivity contribution in [1.29, 1.82) is 0 Å². The van der Waals surface area contributed by atoms with E-state index < -0.39 is 5.97 Å². The molecule has 0 amide bonds. The van der Waals surface area contributed by atoms with Gasteiger partial charge in [-0.1, -0.05) is 58.3 Å². The first-order valence-electron chi connectivity index (χ1n) is 9.01. The summed E-state index contributed by atoms with van der Waals surface area (Å²) in [6, 6.07) is 0. The number of carboxylic acids is 1. The van der Waals surface area contributed by atoms with Gasteiger partial charge in [0.1, 0.15) is 12.5 Å². The Morgan fingerprint density at radius 1 is 0.870 bits per heavy atom. The van der Waals surface area contributed by atoms with Crippen LogP contribution >= 0.6 is 0 Å². The highest BCUT2D eigenvalue weighted by Gasteiger charge is 2.02. The highest BCUT2D eigenvalue weighted by Crippen LogP contribution is 2.10. The fraction of sp³-hybridized carbons (Fsp3) is 0.944. The zero-order valence-electron chi connectivity index (χ0n) is 15.9. The molecule has 0 fully saturated rings. The van der Waals surface area contributed by atoms with Crippen LogP contribution in [-0.4, -0.2) is 37.8 Å². The number of carbonyl (C=O) groups is 1. The Labute approximate surface area is 143 Å². The summed E-state index contributed by atoms with van der Waals surface area (Å²) in [5, 5.41) is 11.4. The third kappa shape index (κ3) is 23.7. The van der Waals surface area contributed by atoms with E-state index in [0.29, 0.717) is 6.42 Å². The molecule has 0 rings (SSSR count). The summed E-state index contributed by atoms with van der Waals surface area (Å²) in [6.45, 7) is 6.08. The second-order valence-electron chi connectivity index (χ2n) is 5.89. The van der Waals surface area contributed by atoms with Gasteiger partial charge in [-0.05, 0) is 20.3 Å². The Balaban J connectivity index is 0. The number of nitrogens with one attached hydrogen (secondary N) is 1. The summed E-state index contributed by atoms with van der Waals surface area (Å²) < 4.78 is 9.86. The van der Waals surface area contributed by atoms with Crippen LogP contribution in [-0.2, 0) is 14.3 Å². The molecule has 0 heterocycles. The van der Waals surface area contributed by atoms with E-state index in [1.54, 1.807) is 14.2 Å². The number of rotatable bonds is 14. The summed E-state index contributed by atoms with van der Waals surface area (Å²) in [4.78, 5) is 10.2. The SMILES string of the molecule is CCCCCCCCCCCC(=O)O.COC(C)NC(C)OC. The monoisotopic (exact) mass is 333 g/mol. The highest BCUT2D eigenvalue weighted by molar-refractivity contribution is 5.66. The quantitative estimate of drug-likeness (QED) is 0.360. The second kappa shape index (κ2) is 19.4. The zero-order chi connectivity index (χ0) is 17.9. The van der Waals surface area contributed by atoms with Gasteiger partial charge < -0.3 is 14.6 Å². The van der Waals surface area contributed by atoms with Gasteiger partial charge in [-0.25, -0.2) is 0 Å². The lowest BCUT2D eigenvalue weighted by atomic mass is 10.1. The highest BCUT2D eigenvalue weighted by atomic mass is 16.5. The summed E-state index contributed by atoms with van der Waals surface area (Å²) >= 11 is 0. The smallest absolute Gasteiger partial charge is 0.303 e. The Kier molecular flexibility index (Phi) is 20.7. The van der Waals surface area contributed by atoms with Gasteiger partial charge in [0, 0.05) is 20.6 Å². The molecule has 0 aliphatic rings. The van der Waals surface area contributed by atoms with Gasteiger partial charge in [-0.2, -0.15) is 0 Å². The van der Waals surface area contributed by atoms with E-state index in [4.69, 9.17) is 14.6 Å². The molecule has 0 aromatic carbocycles. The molecule has 0 aromatic heterocycles. The number of ether oxygens (including phenoxy) is 2. The van der Waals surface area contributed by atoms with Gasteiger partial charge in [0.25, 0.3) is 0 Å². The number of hydrogen-bond donors (Lipinski definition) is 2. The van der Waals surface area contributed by atoms with Crippen molar-refractivity contribution in [2.75, 3.05) is 14.2 Å². The van der Waals surface area contributed by atoms with E-state index in [2.05, 4.69) is 12.2 Å². The van der Waals surface area contributed by atoms with Crippen molar-refractivity contribution in [3.8, 4) is 0 Å². The molecule has 5 heteroatoms. The summed E-state index contributed by atoms with van der Waals surface area (Å²) in [7, 11) is 3.31. The van der Waals surface area contributed by atoms with Crippen molar-refractivity contribution < 1.29 is 19.4 Å². The average molecular weight is 334 g/mol. The molecule has 5 nitrogen and oxygen atoms in total. The lowest BCUT2D eigenvalue weighted by Crippen LogP contribution is -2.36. The third-order valence-electron chi connectivity index (χ3n) is 3.67. The predicted octanol–water partition coefficient (Wildman–Crippen LogP) is 4.55. The van der Waals surface area contributed by atoms with E-state index in [0.717, 1.165) is 12.8 Å². The topological polar surface area (TPSA) is 67.8 Å². The number of methoxy groups -OCH3 is 2. The van der Waals surface area contributed by atoms with Crippen molar-refractivity contribution in [1.82, 2.24) is 5.32 Å². The fourth-order valence-electron chi connectivity index (χ4n) is 2.05. The van der Waals surface area contributed by atoms with Crippen LogP contribution in [0.25, 0.3) is 0 Å². The van der Waals surface area contributed by atoms with Gasteiger partial charge >= 0.3 is 5.97 Å². The normalized spacial score (nSPS) is 13.1. The summed E-state index contributed by atoms with van der Waals surface area (Å²) in [5.41, 5.74) is 0. The molecule has 0 aliphatic heterocycles. The van der Waals surface area contributed by atoms with Crippen LogP contribution in [0.2, 0.25) is 0 Å². The first-order chi connectivity index (χ1) is 11.0. The number of hydrogen-bond acceptors (Lipinski definition) is 4. The summed E-state index contributed by atoms with van der Waals surface area (Å²) in [6.07, 6.45) is 11.6. The molecule has 2 N–H and O–H groups in total. The number of aliphatic carboxylic acids is 1. The van der Waals surface area contributed by atoms with Gasteiger partial charge in [0.2, 0.25) is 0 Å². The van der Waals surface area contributed by atoms with Crippen LogP contribution in [0.5, 0.6) is 0 Å². The molecular formula is C18H39NO4. The predicted molar refractivity (Wildman–Crippen MR) is 95.6 cm³/mol. The van der Waals surface area contributed by atoms with Crippen molar-refractivity contribution in [2.45, 2.75) is 97.4 Å². The summed E-state index contributed by atoms with van der Waals surface area (Å²) in [5.74, 6) is -0.659. The maximum Gasteiger partial charge on any atom is 0.303 e. The first-order valence-corrected chi connectivity index (χ1v) is 9.01. The van der Waals surface area contributed by atoms with E-state index in [1.807, 2.05) is 13.8 Å². The molecular weight excluding hydrogens is 294 g/mol. The lowest BCUT2D eigenvalue weighted by molar-refractivity contribution is -0.137. The Hall–Kier alpha value is -0.650. The van der Waals surface area contributed by atoms with Gasteiger partial charge in [-0.15, -0.1) is 0 Å². The minimum atomic E-state index is -0.659. The molecule has 0 aliphatic carbocycles. The third-order valence-corrected chi connectivity index (χ3v) is 3.67. The minimum absolute atomic E-state index is 0.0555. The van der Waals surface area contributed by atoms with Crippen LogP contribution < -0.4 is 5.32 Å². The van der Waals surface area contributed by atoms with Crippen LogP contribution in [0.1, 0.15) is 85.0 Å². The van der Waals surface area contributed by atoms with E-state index in [9.17, 15) is 4.79 Å². The number of carboxylic acid groups (broad SMARTS) is 1. The molecule has 0 saturated heterocycles. The lowest BCUT2D eigenvalue weighted by Gasteiger charge is -2.16. The maximum absolute atomic E-state index is 10.2. The van der Waals surface area contributed by atoms with Crippen LogP contribution in [0.3, 0.4) is 0 Å². The van der Waals surface area contributed by atoms with Gasteiger partial charge in [-0.3, -0.25) is 10.1 Å². The molecule has 0 bridgehead atoms. The zero-order valence-corrected chi connectivity index (χ0v) is 15.9. The standard InChI is InChI=1S/C12H24O2.C6H15NO2/c1-2-3-4-5-6-7-8-9-10-11-12(13)14;1-5(8-3)7-6(2)9-4/h2-11H2,1H3,(H,13,14);5-7H,1-4H3. The molecule has 140 valence electrons. The maximum atomic E-state index is 10.2. The van der Waals surface area contributed by atoms with Crippen molar-refractivity contribution >= 4 is 5.97 Å². The molecule has 0 aromatic rings. The van der Waals surface area contributed by atoms with Crippen LogP contribution in [0.4, 0.5) is 0 Å². The Morgan fingerprint density at radius 2 is 1.26 bits per heavy atom. The van der Waals surface area contributed by atoms with Crippen molar-refractivity contribution in [2.24, 2.45) is 0 Å². The first kappa shape index (κ1) is 24.6. The minimum Gasteiger partial charge on any atom is -0.481 e. The molecule has 0 radical (unpaired) electrons. The molecule has 23 heavy (non-hydrogen) atoms. The molecule has 0 spiro atoms. The molecule has 2 atom stereocenters. The van der Waals surface area contributed by atoms with Crippen LogP contribution in [0.15, 0.2) is 0 Å². The van der Waals surface area contributed by atoms with Gasteiger partial charge in [0.05, 0.1) is 0 Å². The molecule has 2 unspecified atom stereocenters. The van der Waals surface area contributed by atoms with Crippen LogP contribution in [0, 0.1) is 0 Å². The second-order valence-corrected chi connectivity index (χ2v) is 5.89.